The van der Waals surface area contributed by atoms with Crippen LogP contribution in [0.4, 0.5) is 5.69 Å². The van der Waals surface area contributed by atoms with Gasteiger partial charge < -0.3 is 10.4 Å². The van der Waals surface area contributed by atoms with E-state index in [0.29, 0.717) is 10.5 Å². The van der Waals surface area contributed by atoms with E-state index >= 15 is 0 Å². The Kier molecular flexibility index (Phi) is 2.92. The van der Waals surface area contributed by atoms with E-state index in [1.807, 2.05) is 6.07 Å². The average Bonchev–Trinajstić information content (AvgIpc) is 2.27. The zero-order valence-electron chi connectivity index (χ0n) is 8.27. The third-order valence-electron chi connectivity index (χ3n) is 2.15. The van der Waals surface area contributed by atoms with Crippen LogP contribution in [-0.4, -0.2) is 22.6 Å². The van der Waals surface area contributed by atoms with E-state index in [-0.39, 0.29) is 6.54 Å². The summed E-state index contributed by atoms with van der Waals surface area (Å²) in [4.78, 5) is 14.6. The van der Waals surface area contributed by atoms with Crippen LogP contribution in [0.1, 0.15) is 0 Å². The zero-order chi connectivity index (χ0) is 11.5. The van der Waals surface area contributed by atoms with Gasteiger partial charge in [-0.1, -0.05) is 23.7 Å². The van der Waals surface area contributed by atoms with Crippen LogP contribution in [0.5, 0.6) is 0 Å². The first-order chi connectivity index (χ1) is 7.68. The number of para-hydroxylation sites is 1. The van der Waals surface area contributed by atoms with Crippen LogP contribution in [0, 0.1) is 0 Å². The molecule has 0 saturated carbocycles. The van der Waals surface area contributed by atoms with E-state index in [0.717, 1.165) is 11.1 Å². The van der Waals surface area contributed by atoms with E-state index in [1.54, 1.807) is 24.4 Å². The molecule has 0 unspecified atom stereocenters. The second kappa shape index (κ2) is 4.37. The molecule has 16 heavy (non-hydrogen) atoms. The molecule has 2 N–H and O–H groups in total. The highest BCUT2D eigenvalue weighted by Gasteiger charge is 2.05. The molecule has 0 fully saturated rings. The molecule has 0 bridgehead atoms. The molecule has 5 heteroatoms. The lowest BCUT2D eigenvalue weighted by Gasteiger charge is -2.07. The van der Waals surface area contributed by atoms with Crippen LogP contribution in [0.15, 0.2) is 30.5 Å². The summed E-state index contributed by atoms with van der Waals surface area (Å²) in [6.07, 6.45) is 1.60. The van der Waals surface area contributed by atoms with Crippen molar-refractivity contribution in [2.24, 2.45) is 0 Å². The van der Waals surface area contributed by atoms with Gasteiger partial charge in [-0.05, 0) is 12.1 Å². The predicted octanol–water partition coefficient (Wildman–Crippen LogP) is 2.38. The van der Waals surface area contributed by atoms with Gasteiger partial charge >= 0.3 is 5.97 Å². The first kappa shape index (κ1) is 10.7. The highest BCUT2D eigenvalue weighted by molar-refractivity contribution is 6.35. The van der Waals surface area contributed by atoms with Crippen molar-refractivity contribution in [3.8, 4) is 0 Å². The number of carboxylic acids is 1. The van der Waals surface area contributed by atoms with Crippen molar-refractivity contribution in [3.63, 3.8) is 0 Å². The van der Waals surface area contributed by atoms with Gasteiger partial charge in [0.2, 0.25) is 0 Å². The number of carbonyl (C=O) groups is 1. The Morgan fingerprint density at radius 3 is 3.00 bits per heavy atom. The second-order valence-corrected chi connectivity index (χ2v) is 3.65. The highest BCUT2D eigenvalue weighted by atomic mass is 35.5. The first-order valence-electron chi connectivity index (χ1n) is 4.67. The van der Waals surface area contributed by atoms with Gasteiger partial charge in [0.05, 0.1) is 10.5 Å². The summed E-state index contributed by atoms with van der Waals surface area (Å²) in [5.74, 6) is -0.910. The van der Waals surface area contributed by atoms with E-state index in [9.17, 15) is 4.79 Å². The molecule has 0 aliphatic heterocycles. The third kappa shape index (κ3) is 2.06. The molecule has 1 aromatic carbocycles. The Labute approximate surface area is 96.9 Å². The summed E-state index contributed by atoms with van der Waals surface area (Å²) in [7, 11) is 0. The Morgan fingerprint density at radius 1 is 1.44 bits per heavy atom. The minimum absolute atomic E-state index is 0.133. The van der Waals surface area contributed by atoms with Crippen molar-refractivity contribution < 1.29 is 9.90 Å². The molecular weight excluding hydrogens is 228 g/mol. The van der Waals surface area contributed by atoms with Gasteiger partial charge in [-0.15, -0.1) is 0 Å². The van der Waals surface area contributed by atoms with Crippen LogP contribution in [-0.2, 0) is 4.79 Å². The van der Waals surface area contributed by atoms with E-state index < -0.39 is 5.97 Å². The monoisotopic (exact) mass is 236 g/mol. The van der Waals surface area contributed by atoms with Crippen molar-refractivity contribution in [3.05, 3.63) is 35.5 Å². The van der Waals surface area contributed by atoms with Gasteiger partial charge in [0.15, 0.2) is 0 Å². The van der Waals surface area contributed by atoms with Gasteiger partial charge in [-0.3, -0.25) is 9.78 Å². The van der Waals surface area contributed by atoms with E-state index in [2.05, 4.69) is 10.3 Å². The van der Waals surface area contributed by atoms with Gasteiger partial charge in [0.25, 0.3) is 0 Å². The maximum absolute atomic E-state index is 10.5. The minimum atomic E-state index is -0.910. The molecule has 2 aromatic rings. The van der Waals surface area contributed by atoms with Gasteiger partial charge in [-0.25, -0.2) is 0 Å². The van der Waals surface area contributed by atoms with Crippen LogP contribution in [0.2, 0.25) is 5.02 Å². The molecule has 1 aromatic heterocycles. The standard InChI is InChI=1S/C11H9ClN2O2/c12-8-3-1-2-7-9(14-6-10(15)16)4-5-13-11(7)8/h1-5H,6H2,(H,13,14)(H,15,16). The molecule has 0 spiro atoms. The summed E-state index contributed by atoms with van der Waals surface area (Å²) in [5, 5.41) is 12.8. The molecule has 2 rings (SSSR count). The fraction of sp³-hybridized carbons (Fsp3) is 0.0909. The smallest absolute Gasteiger partial charge is 0.322 e. The number of nitrogens with one attached hydrogen (secondary N) is 1. The van der Waals surface area contributed by atoms with Crippen molar-refractivity contribution in [1.82, 2.24) is 4.98 Å². The van der Waals surface area contributed by atoms with Gasteiger partial charge in [0.1, 0.15) is 6.54 Å². The van der Waals surface area contributed by atoms with Crippen molar-refractivity contribution >= 4 is 34.2 Å². The number of pyridine rings is 1. The molecule has 1 heterocycles. The average molecular weight is 237 g/mol. The Morgan fingerprint density at radius 2 is 2.25 bits per heavy atom. The minimum Gasteiger partial charge on any atom is -0.480 e. The first-order valence-corrected chi connectivity index (χ1v) is 5.05. The zero-order valence-corrected chi connectivity index (χ0v) is 9.03. The van der Waals surface area contributed by atoms with Crippen molar-refractivity contribution in [1.29, 1.82) is 0 Å². The number of fused-ring (bicyclic) bond motifs is 1. The number of halogens is 1. The summed E-state index contributed by atoms with van der Waals surface area (Å²) in [6, 6.07) is 7.12. The topological polar surface area (TPSA) is 62.2 Å². The summed E-state index contributed by atoms with van der Waals surface area (Å²) < 4.78 is 0. The van der Waals surface area contributed by atoms with Crippen LogP contribution in [0.25, 0.3) is 10.9 Å². The summed E-state index contributed by atoms with van der Waals surface area (Å²) in [6.45, 7) is -0.133. The molecule has 82 valence electrons. The molecule has 4 nitrogen and oxygen atoms in total. The molecule has 0 radical (unpaired) electrons. The number of benzene rings is 1. The lowest BCUT2D eigenvalue weighted by molar-refractivity contribution is -0.134. The number of aliphatic carboxylic acids is 1. The SMILES string of the molecule is O=C(O)CNc1ccnc2c(Cl)cccc12. The number of rotatable bonds is 3. The largest absolute Gasteiger partial charge is 0.480 e. The number of nitrogens with zero attached hydrogens (tertiary/aromatic N) is 1. The highest BCUT2D eigenvalue weighted by Crippen LogP contribution is 2.26. The number of hydrogen-bond acceptors (Lipinski definition) is 3. The molecule has 0 aliphatic carbocycles. The van der Waals surface area contributed by atoms with Gasteiger partial charge in [-0.2, -0.15) is 0 Å². The molecule has 0 atom stereocenters. The number of carboxylic acid groups (broad SMARTS) is 1. The maximum Gasteiger partial charge on any atom is 0.322 e. The van der Waals surface area contributed by atoms with Crippen LogP contribution in [0.3, 0.4) is 0 Å². The number of anilines is 1. The lowest BCUT2D eigenvalue weighted by Crippen LogP contribution is -2.12. The Balaban J connectivity index is 2.45. The van der Waals surface area contributed by atoms with Crippen LogP contribution < -0.4 is 5.32 Å². The van der Waals surface area contributed by atoms with Gasteiger partial charge in [0, 0.05) is 17.3 Å². The molecule has 0 saturated heterocycles. The van der Waals surface area contributed by atoms with Crippen molar-refractivity contribution in [2.45, 2.75) is 0 Å². The number of aromatic nitrogens is 1. The maximum atomic E-state index is 10.5. The normalized spacial score (nSPS) is 10.3. The fourth-order valence-corrected chi connectivity index (χ4v) is 1.69. The number of hydrogen-bond donors (Lipinski definition) is 2. The Bertz CT molecular complexity index is 542. The lowest BCUT2D eigenvalue weighted by atomic mass is 10.2. The third-order valence-corrected chi connectivity index (χ3v) is 2.46. The van der Waals surface area contributed by atoms with Crippen LogP contribution >= 0.6 is 11.6 Å². The van der Waals surface area contributed by atoms with E-state index in [1.165, 1.54) is 0 Å². The predicted molar refractivity (Wildman–Crippen MR) is 62.9 cm³/mol. The molecular formula is C11H9ClN2O2. The summed E-state index contributed by atoms with van der Waals surface area (Å²) >= 11 is 5.99. The fourth-order valence-electron chi connectivity index (χ4n) is 1.46. The van der Waals surface area contributed by atoms with Crippen molar-refractivity contribution in [2.75, 3.05) is 11.9 Å². The molecule has 0 aliphatic rings. The summed E-state index contributed by atoms with van der Waals surface area (Å²) in [5.41, 5.74) is 1.38. The molecule has 0 amide bonds. The quantitative estimate of drug-likeness (QED) is 0.859. The second-order valence-electron chi connectivity index (χ2n) is 3.24. The van der Waals surface area contributed by atoms with E-state index in [4.69, 9.17) is 16.7 Å². The Hall–Kier alpha value is -1.81.